The summed E-state index contributed by atoms with van der Waals surface area (Å²) in [5.41, 5.74) is 2.75. The van der Waals surface area contributed by atoms with Gasteiger partial charge in [0.25, 0.3) is 5.91 Å². The topological polar surface area (TPSA) is 64.6 Å². The Balaban J connectivity index is 1.66. The number of allylic oxidation sites excluding steroid dienone is 1. The van der Waals surface area contributed by atoms with Gasteiger partial charge in [-0.3, -0.25) is 9.59 Å². The van der Waals surface area contributed by atoms with E-state index < -0.39 is 5.92 Å². The quantitative estimate of drug-likeness (QED) is 0.524. The first-order valence-electron chi connectivity index (χ1n) is 10.4. The second-order valence-corrected chi connectivity index (χ2v) is 7.59. The number of rotatable bonds is 8. The Bertz CT molecular complexity index is 886. The molecule has 0 saturated carbocycles. The molecule has 1 N–H and O–H groups in total. The van der Waals surface area contributed by atoms with E-state index in [-0.39, 0.29) is 23.8 Å². The minimum atomic E-state index is -0.424. The van der Waals surface area contributed by atoms with Crippen LogP contribution in [0.2, 0.25) is 0 Å². The van der Waals surface area contributed by atoms with Crippen molar-refractivity contribution in [3.8, 4) is 5.75 Å². The Morgan fingerprint density at radius 1 is 1.03 bits per heavy atom. The fraction of sp³-hybridized carbons (Fsp3) is 0.360. The lowest BCUT2D eigenvalue weighted by molar-refractivity contribution is -0.143. The van der Waals surface area contributed by atoms with Crippen molar-refractivity contribution in [2.75, 3.05) is 14.2 Å². The maximum absolute atomic E-state index is 12.6. The molecule has 1 aliphatic rings. The molecule has 1 amide bonds. The summed E-state index contributed by atoms with van der Waals surface area (Å²) < 4.78 is 10.3. The van der Waals surface area contributed by atoms with Crippen LogP contribution < -0.4 is 10.1 Å². The first-order valence-corrected chi connectivity index (χ1v) is 10.4. The molecule has 30 heavy (non-hydrogen) atoms. The van der Waals surface area contributed by atoms with Crippen molar-refractivity contribution >= 4 is 11.9 Å². The molecular weight excluding hydrogens is 378 g/mol. The van der Waals surface area contributed by atoms with Crippen molar-refractivity contribution in [3.05, 3.63) is 77.4 Å². The van der Waals surface area contributed by atoms with E-state index in [2.05, 4.69) is 12.2 Å². The molecule has 5 nitrogen and oxygen atoms in total. The number of carbonyl (C=O) groups excluding carboxylic acids is 2. The predicted octanol–water partition coefficient (Wildman–Crippen LogP) is 4.28. The van der Waals surface area contributed by atoms with Crippen molar-refractivity contribution in [3.63, 3.8) is 0 Å². The number of nitrogens with one attached hydrogen (secondary N) is 1. The lowest BCUT2D eigenvalue weighted by Crippen LogP contribution is -2.33. The smallest absolute Gasteiger partial charge is 0.313 e. The van der Waals surface area contributed by atoms with Gasteiger partial charge in [0.15, 0.2) is 0 Å². The number of methoxy groups -OCH3 is 2. The molecule has 0 spiro atoms. The highest BCUT2D eigenvalue weighted by Gasteiger charge is 2.34. The van der Waals surface area contributed by atoms with E-state index in [4.69, 9.17) is 9.47 Å². The Morgan fingerprint density at radius 3 is 2.33 bits per heavy atom. The van der Waals surface area contributed by atoms with Gasteiger partial charge < -0.3 is 14.8 Å². The van der Waals surface area contributed by atoms with Gasteiger partial charge in [-0.1, -0.05) is 49.8 Å². The highest BCUT2D eigenvalue weighted by atomic mass is 16.5. The van der Waals surface area contributed by atoms with Crippen LogP contribution in [0, 0.1) is 5.92 Å². The molecule has 1 aliphatic carbocycles. The molecule has 3 rings (SSSR count). The second kappa shape index (κ2) is 10.1. The van der Waals surface area contributed by atoms with Crippen LogP contribution in [0.4, 0.5) is 0 Å². The van der Waals surface area contributed by atoms with Crippen LogP contribution in [0.1, 0.15) is 47.2 Å². The molecule has 5 heteroatoms. The van der Waals surface area contributed by atoms with E-state index in [0.717, 1.165) is 24.2 Å². The van der Waals surface area contributed by atoms with Crippen molar-refractivity contribution in [1.29, 1.82) is 0 Å². The second-order valence-electron chi connectivity index (χ2n) is 7.59. The standard InChI is InChI=1S/C25H29NO4/c1-4-5-17-6-8-19(9-7-17)24(27)26-21-13-10-20(16-21)23(25(28)30-3)18-11-14-22(29-2)15-12-18/h6-15,20-21,23H,4-5,16H2,1-3H3,(H,26,27). The molecule has 0 aromatic heterocycles. The fourth-order valence-corrected chi connectivity index (χ4v) is 3.94. The van der Waals surface area contributed by atoms with Crippen LogP contribution in [0.5, 0.6) is 5.75 Å². The van der Waals surface area contributed by atoms with Gasteiger partial charge in [-0.15, -0.1) is 0 Å². The molecular formula is C25H29NO4. The molecule has 0 aliphatic heterocycles. The van der Waals surface area contributed by atoms with Gasteiger partial charge in [0.2, 0.25) is 0 Å². The lowest BCUT2D eigenvalue weighted by atomic mass is 9.85. The normalized spacial score (nSPS) is 18.6. The molecule has 0 saturated heterocycles. The number of esters is 1. The van der Waals surface area contributed by atoms with Crippen molar-refractivity contribution < 1.29 is 19.1 Å². The highest BCUT2D eigenvalue weighted by Crippen LogP contribution is 2.35. The van der Waals surface area contributed by atoms with E-state index in [1.165, 1.54) is 12.7 Å². The maximum Gasteiger partial charge on any atom is 0.313 e. The summed E-state index contributed by atoms with van der Waals surface area (Å²) >= 11 is 0. The van der Waals surface area contributed by atoms with E-state index >= 15 is 0 Å². The summed E-state index contributed by atoms with van der Waals surface area (Å²) in [7, 11) is 3.01. The van der Waals surface area contributed by atoms with Crippen LogP contribution >= 0.6 is 0 Å². The summed E-state index contributed by atoms with van der Waals surface area (Å²) in [6.07, 6.45) is 6.70. The zero-order valence-corrected chi connectivity index (χ0v) is 17.8. The zero-order valence-electron chi connectivity index (χ0n) is 17.8. The number of aryl methyl sites for hydroxylation is 1. The van der Waals surface area contributed by atoms with E-state index in [0.29, 0.717) is 12.0 Å². The number of hydrogen-bond acceptors (Lipinski definition) is 4. The van der Waals surface area contributed by atoms with Gasteiger partial charge >= 0.3 is 5.97 Å². The van der Waals surface area contributed by atoms with Crippen LogP contribution in [0.3, 0.4) is 0 Å². The number of benzene rings is 2. The van der Waals surface area contributed by atoms with Crippen molar-refractivity contribution in [1.82, 2.24) is 5.32 Å². The van der Waals surface area contributed by atoms with Crippen LogP contribution in [0.15, 0.2) is 60.7 Å². The third-order valence-corrected chi connectivity index (χ3v) is 5.55. The van der Waals surface area contributed by atoms with Crippen LogP contribution in [0.25, 0.3) is 0 Å². The van der Waals surface area contributed by atoms with Gasteiger partial charge in [0, 0.05) is 11.6 Å². The molecule has 2 aromatic carbocycles. The van der Waals surface area contributed by atoms with Gasteiger partial charge in [0.05, 0.1) is 20.1 Å². The summed E-state index contributed by atoms with van der Waals surface area (Å²) in [5.74, 6) is -0.129. The Kier molecular flexibility index (Phi) is 7.28. The lowest BCUT2D eigenvalue weighted by Gasteiger charge is -2.22. The number of amides is 1. The van der Waals surface area contributed by atoms with Gasteiger partial charge in [0.1, 0.15) is 5.75 Å². The number of ether oxygens (including phenoxy) is 2. The molecule has 3 unspecified atom stereocenters. The maximum atomic E-state index is 12.6. The SMILES string of the molecule is CCCc1ccc(C(=O)NC2C=CC(C(C(=O)OC)c3ccc(OC)cc3)C2)cc1. The number of hydrogen-bond donors (Lipinski definition) is 1. The Labute approximate surface area is 178 Å². The largest absolute Gasteiger partial charge is 0.497 e. The fourth-order valence-electron chi connectivity index (χ4n) is 3.94. The Morgan fingerprint density at radius 2 is 1.73 bits per heavy atom. The van der Waals surface area contributed by atoms with Crippen LogP contribution in [-0.4, -0.2) is 32.1 Å². The minimum absolute atomic E-state index is 0.0527. The summed E-state index contributed by atoms with van der Waals surface area (Å²) in [4.78, 5) is 25.1. The van der Waals surface area contributed by atoms with Crippen LogP contribution in [-0.2, 0) is 16.0 Å². The van der Waals surface area contributed by atoms with Gasteiger partial charge in [-0.2, -0.15) is 0 Å². The first-order chi connectivity index (χ1) is 14.5. The molecule has 158 valence electrons. The predicted molar refractivity (Wildman–Crippen MR) is 117 cm³/mol. The molecule has 0 radical (unpaired) electrons. The van der Waals surface area contributed by atoms with Crippen molar-refractivity contribution in [2.24, 2.45) is 5.92 Å². The summed E-state index contributed by atoms with van der Waals surface area (Å²) in [6, 6.07) is 15.1. The number of carbonyl (C=O) groups is 2. The molecule has 0 bridgehead atoms. The van der Waals surface area contributed by atoms with Gasteiger partial charge in [-0.25, -0.2) is 0 Å². The minimum Gasteiger partial charge on any atom is -0.497 e. The monoisotopic (exact) mass is 407 g/mol. The summed E-state index contributed by atoms with van der Waals surface area (Å²) in [5, 5.41) is 3.06. The van der Waals surface area contributed by atoms with Gasteiger partial charge in [-0.05, 0) is 54.2 Å². The Hall–Kier alpha value is -3.08. The first kappa shape index (κ1) is 21.6. The zero-order chi connectivity index (χ0) is 21.5. The van der Waals surface area contributed by atoms with E-state index in [9.17, 15) is 9.59 Å². The molecule has 3 atom stereocenters. The van der Waals surface area contributed by atoms with Crippen molar-refractivity contribution in [2.45, 2.75) is 38.1 Å². The average molecular weight is 408 g/mol. The van der Waals surface area contributed by atoms with E-state index in [1.54, 1.807) is 7.11 Å². The highest BCUT2D eigenvalue weighted by molar-refractivity contribution is 5.94. The molecule has 2 aromatic rings. The van der Waals surface area contributed by atoms with E-state index in [1.807, 2.05) is 60.7 Å². The summed E-state index contributed by atoms with van der Waals surface area (Å²) in [6.45, 7) is 2.14. The average Bonchev–Trinajstić information content (AvgIpc) is 3.22. The molecule has 0 heterocycles. The third kappa shape index (κ3) is 5.09. The molecule has 0 fully saturated rings. The third-order valence-electron chi connectivity index (χ3n) is 5.55.